The summed E-state index contributed by atoms with van der Waals surface area (Å²) >= 11 is 0. The number of ether oxygens (including phenoxy) is 1. The highest BCUT2D eigenvalue weighted by atomic mass is 16.5. The first kappa shape index (κ1) is 13.3. The molecule has 0 aliphatic heterocycles. The molecule has 0 atom stereocenters. The Labute approximate surface area is 122 Å². The number of hydrogen-bond donors (Lipinski definition) is 1. The smallest absolute Gasteiger partial charge is 0.222 e. The van der Waals surface area contributed by atoms with Gasteiger partial charge < -0.3 is 10.5 Å². The maximum atomic E-state index is 5.57. The van der Waals surface area contributed by atoms with Crippen molar-refractivity contribution in [2.45, 2.75) is 13.3 Å². The minimum Gasteiger partial charge on any atom is -0.497 e. The third-order valence-electron chi connectivity index (χ3n) is 3.40. The Morgan fingerprint density at radius 3 is 2.67 bits per heavy atom. The van der Waals surface area contributed by atoms with Crippen LogP contribution in [0.3, 0.4) is 0 Å². The van der Waals surface area contributed by atoms with Crippen LogP contribution in [0, 0.1) is 0 Å². The molecule has 5 nitrogen and oxygen atoms in total. The molecule has 0 radical (unpaired) electrons. The summed E-state index contributed by atoms with van der Waals surface area (Å²) in [6.45, 7) is 2.12. The maximum absolute atomic E-state index is 5.57. The van der Waals surface area contributed by atoms with Crippen LogP contribution in [0.4, 0.5) is 5.95 Å². The van der Waals surface area contributed by atoms with Crippen LogP contribution < -0.4 is 10.5 Å². The summed E-state index contributed by atoms with van der Waals surface area (Å²) in [7, 11) is 1.67. The normalized spacial score (nSPS) is 10.8. The van der Waals surface area contributed by atoms with E-state index in [1.165, 1.54) is 5.56 Å². The molecule has 0 aliphatic carbocycles. The van der Waals surface area contributed by atoms with E-state index < -0.39 is 0 Å². The second kappa shape index (κ2) is 5.36. The Hall–Kier alpha value is -2.69. The van der Waals surface area contributed by atoms with Gasteiger partial charge in [0, 0.05) is 23.3 Å². The molecule has 0 aliphatic rings. The van der Waals surface area contributed by atoms with Gasteiger partial charge in [-0.15, -0.1) is 0 Å². The highest BCUT2D eigenvalue weighted by Crippen LogP contribution is 2.27. The van der Waals surface area contributed by atoms with Gasteiger partial charge in [0.05, 0.1) is 7.11 Å². The van der Waals surface area contributed by atoms with Gasteiger partial charge >= 0.3 is 0 Å². The fraction of sp³-hybridized carbons (Fsp3) is 0.188. The van der Waals surface area contributed by atoms with Crippen molar-refractivity contribution in [3.63, 3.8) is 0 Å². The molecular formula is C16H16N4O. The topological polar surface area (TPSA) is 73.9 Å². The molecule has 2 N–H and O–H groups in total. The van der Waals surface area contributed by atoms with Crippen LogP contribution in [-0.2, 0) is 6.42 Å². The number of fused-ring (bicyclic) bond motifs is 1. The van der Waals surface area contributed by atoms with Gasteiger partial charge in [-0.3, -0.25) is 0 Å². The Bertz CT molecular complexity index is 779. The van der Waals surface area contributed by atoms with Gasteiger partial charge in [0.2, 0.25) is 5.95 Å². The van der Waals surface area contributed by atoms with Crippen LogP contribution in [0.5, 0.6) is 5.75 Å². The largest absolute Gasteiger partial charge is 0.497 e. The van der Waals surface area contributed by atoms with E-state index in [0.29, 0.717) is 5.65 Å². The molecule has 0 fully saturated rings. The van der Waals surface area contributed by atoms with Crippen molar-refractivity contribution in [1.29, 1.82) is 0 Å². The zero-order valence-corrected chi connectivity index (χ0v) is 12.0. The first-order valence-corrected chi connectivity index (χ1v) is 6.76. The molecule has 2 aromatic heterocycles. The van der Waals surface area contributed by atoms with Crippen LogP contribution in [0.2, 0.25) is 0 Å². The monoisotopic (exact) mass is 280 g/mol. The quantitative estimate of drug-likeness (QED) is 0.798. The summed E-state index contributed by atoms with van der Waals surface area (Å²) in [4.78, 5) is 12.5. The minimum atomic E-state index is 0.234. The molecule has 0 amide bonds. The highest BCUT2D eigenvalue weighted by Gasteiger charge is 2.06. The highest BCUT2D eigenvalue weighted by molar-refractivity contribution is 5.81. The van der Waals surface area contributed by atoms with Crippen molar-refractivity contribution in [3.05, 3.63) is 42.2 Å². The van der Waals surface area contributed by atoms with Crippen molar-refractivity contribution in [2.24, 2.45) is 0 Å². The van der Waals surface area contributed by atoms with Crippen LogP contribution >= 0.6 is 0 Å². The number of hydrogen-bond acceptors (Lipinski definition) is 5. The number of nitrogen functional groups attached to an aromatic ring is 1. The lowest BCUT2D eigenvalue weighted by Crippen LogP contribution is -1.96. The Morgan fingerprint density at radius 1 is 1.05 bits per heavy atom. The maximum Gasteiger partial charge on any atom is 0.222 e. The first-order chi connectivity index (χ1) is 10.2. The number of benzene rings is 1. The molecule has 3 aromatic rings. The van der Waals surface area contributed by atoms with E-state index in [0.717, 1.165) is 28.7 Å². The van der Waals surface area contributed by atoms with Crippen molar-refractivity contribution < 1.29 is 4.74 Å². The van der Waals surface area contributed by atoms with Gasteiger partial charge in [-0.25, -0.2) is 9.97 Å². The third-order valence-corrected chi connectivity index (χ3v) is 3.40. The van der Waals surface area contributed by atoms with E-state index in [9.17, 15) is 0 Å². The standard InChI is InChI=1S/C16H16N4O/c1-3-10-4-11(7-14(5-10)21-2)12-6-13-9-19-16(17)20-15(13)18-8-12/h4-9H,3H2,1-2H3,(H2,17,18,19,20). The molecule has 0 saturated carbocycles. The summed E-state index contributed by atoms with van der Waals surface area (Å²) < 4.78 is 5.36. The second-order valence-electron chi connectivity index (χ2n) is 4.79. The number of nitrogens with zero attached hydrogens (tertiary/aromatic N) is 3. The van der Waals surface area contributed by atoms with E-state index in [2.05, 4.69) is 27.9 Å². The number of methoxy groups -OCH3 is 1. The molecule has 0 saturated heterocycles. The number of rotatable bonds is 3. The van der Waals surface area contributed by atoms with E-state index in [-0.39, 0.29) is 5.95 Å². The molecule has 3 rings (SSSR count). The number of aryl methyl sites for hydroxylation is 1. The number of aromatic nitrogens is 3. The van der Waals surface area contributed by atoms with Crippen LogP contribution in [0.1, 0.15) is 12.5 Å². The Kier molecular flexibility index (Phi) is 3.39. The molecule has 2 heterocycles. The predicted octanol–water partition coefficient (Wildman–Crippen LogP) is 2.84. The van der Waals surface area contributed by atoms with E-state index in [1.807, 2.05) is 18.2 Å². The fourth-order valence-corrected chi connectivity index (χ4v) is 2.24. The number of nitrogens with two attached hydrogens (primary N) is 1. The summed E-state index contributed by atoms with van der Waals surface area (Å²) in [6.07, 6.45) is 4.43. The average Bonchev–Trinajstić information content (AvgIpc) is 2.53. The first-order valence-electron chi connectivity index (χ1n) is 6.76. The van der Waals surface area contributed by atoms with Gasteiger partial charge in [0.1, 0.15) is 5.75 Å². The molecule has 0 bridgehead atoms. The summed E-state index contributed by atoms with van der Waals surface area (Å²) in [5.41, 5.74) is 9.46. The fourth-order valence-electron chi connectivity index (χ4n) is 2.24. The van der Waals surface area contributed by atoms with Crippen LogP contribution in [0.15, 0.2) is 36.7 Å². The molecule has 5 heteroatoms. The van der Waals surface area contributed by atoms with Gasteiger partial charge in [-0.1, -0.05) is 13.0 Å². The zero-order valence-electron chi connectivity index (χ0n) is 12.0. The van der Waals surface area contributed by atoms with Gasteiger partial charge in [-0.05, 0) is 35.7 Å². The second-order valence-corrected chi connectivity index (χ2v) is 4.79. The zero-order chi connectivity index (χ0) is 14.8. The molecule has 21 heavy (non-hydrogen) atoms. The van der Waals surface area contributed by atoms with Crippen molar-refractivity contribution in [2.75, 3.05) is 12.8 Å². The molecule has 0 unspecified atom stereocenters. The minimum absolute atomic E-state index is 0.234. The molecule has 0 spiro atoms. The van der Waals surface area contributed by atoms with Crippen molar-refractivity contribution >= 4 is 17.0 Å². The molecule has 106 valence electrons. The summed E-state index contributed by atoms with van der Waals surface area (Å²) in [6, 6.07) is 8.20. The van der Waals surface area contributed by atoms with Crippen molar-refractivity contribution in [3.8, 4) is 16.9 Å². The molecule has 1 aromatic carbocycles. The Balaban J connectivity index is 2.13. The van der Waals surface area contributed by atoms with Crippen LogP contribution in [-0.4, -0.2) is 22.1 Å². The lowest BCUT2D eigenvalue weighted by Gasteiger charge is -2.08. The SMILES string of the molecule is CCc1cc(OC)cc(-c2cnc3nc(N)ncc3c2)c1. The van der Waals surface area contributed by atoms with Gasteiger partial charge in [-0.2, -0.15) is 4.98 Å². The van der Waals surface area contributed by atoms with Crippen LogP contribution in [0.25, 0.3) is 22.2 Å². The predicted molar refractivity (Wildman–Crippen MR) is 83.1 cm³/mol. The van der Waals surface area contributed by atoms with E-state index >= 15 is 0 Å². The summed E-state index contributed by atoms with van der Waals surface area (Å²) in [5, 5.41) is 0.863. The lowest BCUT2D eigenvalue weighted by molar-refractivity contribution is 0.414. The average molecular weight is 280 g/mol. The van der Waals surface area contributed by atoms with Gasteiger partial charge in [0.15, 0.2) is 5.65 Å². The van der Waals surface area contributed by atoms with Crippen molar-refractivity contribution in [1.82, 2.24) is 15.0 Å². The van der Waals surface area contributed by atoms with Gasteiger partial charge in [0.25, 0.3) is 0 Å². The number of anilines is 1. The third kappa shape index (κ3) is 2.63. The number of pyridine rings is 1. The molecular weight excluding hydrogens is 264 g/mol. The lowest BCUT2D eigenvalue weighted by atomic mass is 10.0. The summed E-state index contributed by atoms with van der Waals surface area (Å²) in [5.74, 6) is 1.08. The van der Waals surface area contributed by atoms with E-state index in [1.54, 1.807) is 19.5 Å². The van der Waals surface area contributed by atoms with E-state index in [4.69, 9.17) is 10.5 Å². The Morgan fingerprint density at radius 2 is 1.90 bits per heavy atom.